The molecule has 134 valence electrons. The molecule has 0 aliphatic heterocycles. The minimum absolute atomic E-state index is 0.00567. The summed E-state index contributed by atoms with van der Waals surface area (Å²) in [6.45, 7) is 0. The molecule has 0 unspecified atom stereocenters. The van der Waals surface area contributed by atoms with E-state index in [0.717, 1.165) is 16.9 Å². The van der Waals surface area contributed by atoms with E-state index >= 15 is 0 Å². The topological polar surface area (TPSA) is 110 Å². The Balaban J connectivity index is 1.80. The summed E-state index contributed by atoms with van der Waals surface area (Å²) >= 11 is 0. The Morgan fingerprint density at radius 3 is 2.74 bits per heavy atom. The van der Waals surface area contributed by atoms with Gasteiger partial charge in [-0.1, -0.05) is 18.2 Å². The lowest BCUT2D eigenvalue weighted by Crippen LogP contribution is -2.14. The minimum Gasteiger partial charge on any atom is -0.497 e. The van der Waals surface area contributed by atoms with E-state index in [-0.39, 0.29) is 17.1 Å². The van der Waals surface area contributed by atoms with E-state index in [9.17, 15) is 9.59 Å². The molecule has 2 aromatic heterocycles. The van der Waals surface area contributed by atoms with Crippen molar-refractivity contribution in [3.63, 3.8) is 0 Å². The first-order valence-corrected chi connectivity index (χ1v) is 8.02. The van der Waals surface area contributed by atoms with Crippen LogP contribution >= 0.6 is 0 Å². The number of aromatic nitrogens is 4. The number of benzene rings is 2. The average Bonchev–Trinajstić information content (AvgIpc) is 3.18. The van der Waals surface area contributed by atoms with Gasteiger partial charge in [-0.05, 0) is 35.4 Å². The van der Waals surface area contributed by atoms with Gasteiger partial charge in [0.25, 0.3) is 5.56 Å². The maximum absolute atomic E-state index is 12.5. The molecule has 0 spiro atoms. The minimum atomic E-state index is -1.10. The van der Waals surface area contributed by atoms with Crippen LogP contribution in [0.15, 0.2) is 59.7 Å². The van der Waals surface area contributed by atoms with E-state index in [2.05, 4.69) is 15.1 Å². The highest BCUT2D eigenvalue weighted by atomic mass is 16.5. The van der Waals surface area contributed by atoms with Crippen LogP contribution in [0.5, 0.6) is 5.75 Å². The number of carboxylic acids is 1. The molecular formula is C19H14N4O4. The zero-order valence-electron chi connectivity index (χ0n) is 14.2. The molecule has 0 amide bonds. The van der Waals surface area contributed by atoms with Crippen molar-refractivity contribution in [3.05, 3.63) is 70.8 Å². The molecule has 0 aliphatic rings. The summed E-state index contributed by atoms with van der Waals surface area (Å²) in [5.41, 5.74) is 1.91. The van der Waals surface area contributed by atoms with Crippen LogP contribution in [-0.4, -0.2) is 37.9 Å². The zero-order chi connectivity index (χ0) is 19.0. The van der Waals surface area contributed by atoms with Crippen molar-refractivity contribution in [3.8, 4) is 22.8 Å². The van der Waals surface area contributed by atoms with Gasteiger partial charge in [-0.25, -0.2) is 14.5 Å². The predicted molar refractivity (Wildman–Crippen MR) is 98.4 cm³/mol. The summed E-state index contributed by atoms with van der Waals surface area (Å²) in [6, 6.07) is 12.9. The molecule has 27 heavy (non-hydrogen) atoms. The number of methoxy groups -OCH3 is 1. The van der Waals surface area contributed by atoms with Crippen molar-refractivity contribution in [2.75, 3.05) is 7.11 Å². The number of hydrogen-bond donors (Lipinski definition) is 2. The maximum atomic E-state index is 12.5. The molecule has 0 bridgehead atoms. The Labute approximate surface area is 152 Å². The smallest absolute Gasteiger partial charge is 0.338 e. The summed E-state index contributed by atoms with van der Waals surface area (Å²) in [6.07, 6.45) is 2.48. The van der Waals surface area contributed by atoms with Gasteiger partial charge in [-0.15, -0.1) is 0 Å². The highest BCUT2D eigenvalue weighted by molar-refractivity contribution is 5.87. The third-order valence-corrected chi connectivity index (χ3v) is 4.14. The van der Waals surface area contributed by atoms with Crippen LogP contribution in [0.3, 0.4) is 0 Å². The van der Waals surface area contributed by atoms with Crippen LogP contribution in [0.4, 0.5) is 0 Å². The molecule has 0 atom stereocenters. The van der Waals surface area contributed by atoms with Crippen molar-refractivity contribution in [2.24, 2.45) is 0 Å². The van der Waals surface area contributed by atoms with Crippen molar-refractivity contribution in [2.45, 2.75) is 0 Å². The van der Waals surface area contributed by atoms with Gasteiger partial charge in [-0.2, -0.15) is 5.10 Å². The number of rotatable bonds is 4. The van der Waals surface area contributed by atoms with E-state index in [1.807, 2.05) is 30.3 Å². The number of H-pyrrole nitrogens is 1. The van der Waals surface area contributed by atoms with Crippen LogP contribution in [0.2, 0.25) is 0 Å². The number of ether oxygens (including phenoxy) is 1. The predicted octanol–water partition coefficient (Wildman–Crippen LogP) is 2.48. The number of carboxylic acid groups (broad SMARTS) is 1. The fourth-order valence-corrected chi connectivity index (χ4v) is 2.77. The Kier molecular flexibility index (Phi) is 3.92. The Hall–Kier alpha value is -3.94. The highest BCUT2D eigenvalue weighted by Crippen LogP contribution is 2.25. The number of nitrogens with zero attached hydrogens (tertiary/aromatic N) is 3. The van der Waals surface area contributed by atoms with Crippen LogP contribution in [-0.2, 0) is 0 Å². The Morgan fingerprint density at radius 2 is 2.00 bits per heavy atom. The van der Waals surface area contributed by atoms with Gasteiger partial charge in [0, 0.05) is 6.20 Å². The van der Waals surface area contributed by atoms with Gasteiger partial charge >= 0.3 is 5.97 Å². The van der Waals surface area contributed by atoms with E-state index in [1.165, 1.54) is 17.1 Å². The summed E-state index contributed by atoms with van der Waals surface area (Å²) in [7, 11) is 1.60. The van der Waals surface area contributed by atoms with E-state index in [0.29, 0.717) is 10.9 Å². The quantitative estimate of drug-likeness (QED) is 0.577. The molecule has 2 heterocycles. The van der Waals surface area contributed by atoms with Crippen LogP contribution in [0.25, 0.3) is 28.0 Å². The normalized spacial score (nSPS) is 10.9. The van der Waals surface area contributed by atoms with Crippen LogP contribution < -0.4 is 10.3 Å². The monoisotopic (exact) mass is 362 g/mol. The lowest BCUT2D eigenvalue weighted by molar-refractivity contribution is 0.0697. The first-order valence-electron chi connectivity index (χ1n) is 8.02. The molecule has 0 radical (unpaired) electrons. The molecular weight excluding hydrogens is 348 g/mol. The van der Waals surface area contributed by atoms with Gasteiger partial charge in [0.15, 0.2) is 0 Å². The molecule has 0 saturated heterocycles. The number of hydrogen-bond acceptors (Lipinski definition) is 5. The van der Waals surface area contributed by atoms with Gasteiger partial charge in [0.1, 0.15) is 5.75 Å². The largest absolute Gasteiger partial charge is 0.497 e. The maximum Gasteiger partial charge on any atom is 0.338 e. The molecule has 2 aromatic carbocycles. The third-order valence-electron chi connectivity index (χ3n) is 4.14. The lowest BCUT2D eigenvalue weighted by Gasteiger charge is -2.07. The lowest BCUT2D eigenvalue weighted by atomic mass is 10.0. The Morgan fingerprint density at radius 1 is 1.19 bits per heavy atom. The molecule has 0 saturated carbocycles. The molecule has 0 fully saturated rings. The number of carbonyl (C=O) groups is 1. The Bertz CT molecular complexity index is 1230. The number of aromatic carboxylic acids is 1. The fraction of sp³-hybridized carbons (Fsp3) is 0.0526. The van der Waals surface area contributed by atoms with Gasteiger partial charge in [-0.3, -0.25) is 9.78 Å². The molecule has 2 N–H and O–H groups in total. The summed E-state index contributed by atoms with van der Waals surface area (Å²) in [4.78, 5) is 30.5. The van der Waals surface area contributed by atoms with Gasteiger partial charge < -0.3 is 9.84 Å². The van der Waals surface area contributed by atoms with Crippen molar-refractivity contribution >= 4 is 16.9 Å². The first-order chi connectivity index (χ1) is 13.0. The highest BCUT2D eigenvalue weighted by Gasteiger charge is 2.11. The summed E-state index contributed by atoms with van der Waals surface area (Å²) < 4.78 is 6.46. The second-order valence-electron chi connectivity index (χ2n) is 5.83. The first kappa shape index (κ1) is 16.5. The molecule has 0 aliphatic carbocycles. The second-order valence-corrected chi connectivity index (χ2v) is 5.83. The van der Waals surface area contributed by atoms with Crippen LogP contribution in [0, 0.1) is 0 Å². The molecule has 8 nitrogen and oxygen atoms in total. The standard InChI is InChI=1S/C19H14N4O4/c1-27-14-4-2-3-11(7-14)12-5-6-16-15(8-12)17(24)22-19(21-16)23-10-13(9-20-23)18(25)26/h2-10H,1H3,(H,25,26)(H,21,22,24). The van der Waals surface area contributed by atoms with Crippen molar-refractivity contribution in [1.29, 1.82) is 0 Å². The summed E-state index contributed by atoms with van der Waals surface area (Å²) in [5.74, 6) is -0.232. The van der Waals surface area contributed by atoms with Gasteiger partial charge in [0.2, 0.25) is 5.95 Å². The molecule has 8 heteroatoms. The second kappa shape index (κ2) is 6.41. The van der Waals surface area contributed by atoms with E-state index < -0.39 is 5.97 Å². The SMILES string of the molecule is COc1cccc(-c2ccc3nc(-n4cc(C(=O)O)cn4)[nH]c(=O)c3c2)c1. The van der Waals surface area contributed by atoms with Crippen molar-refractivity contribution < 1.29 is 14.6 Å². The zero-order valence-corrected chi connectivity index (χ0v) is 14.2. The van der Waals surface area contributed by atoms with Gasteiger partial charge in [0.05, 0.1) is 29.8 Å². The van der Waals surface area contributed by atoms with Crippen LogP contribution in [0.1, 0.15) is 10.4 Å². The van der Waals surface area contributed by atoms with E-state index in [4.69, 9.17) is 9.84 Å². The third kappa shape index (κ3) is 3.04. The summed E-state index contributed by atoms with van der Waals surface area (Å²) in [5, 5.41) is 13.3. The fourth-order valence-electron chi connectivity index (χ4n) is 2.77. The average molecular weight is 362 g/mol. The molecule has 4 rings (SSSR count). The number of fused-ring (bicyclic) bond motifs is 1. The van der Waals surface area contributed by atoms with E-state index in [1.54, 1.807) is 19.2 Å². The molecule has 4 aromatic rings. The number of nitrogens with one attached hydrogen (secondary N) is 1. The van der Waals surface area contributed by atoms with Crippen molar-refractivity contribution in [1.82, 2.24) is 19.7 Å². The number of aromatic amines is 1.